The summed E-state index contributed by atoms with van der Waals surface area (Å²) >= 11 is 0. The lowest BCUT2D eigenvalue weighted by Crippen LogP contribution is -2.50. The fourth-order valence-electron chi connectivity index (χ4n) is 3.30. The van der Waals surface area contributed by atoms with Gasteiger partial charge in [-0.3, -0.25) is 4.90 Å². The van der Waals surface area contributed by atoms with E-state index in [1.54, 1.807) is 0 Å². The first-order valence-corrected chi connectivity index (χ1v) is 7.73. The monoisotopic (exact) mass is 275 g/mol. The van der Waals surface area contributed by atoms with Crippen molar-refractivity contribution < 1.29 is 0 Å². The number of aromatic nitrogens is 2. The maximum atomic E-state index is 4.64. The first-order chi connectivity index (χ1) is 9.74. The van der Waals surface area contributed by atoms with E-state index in [1.807, 2.05) is 31.3 Å². The van der Waals surface area contributed by atoms with Gasteiger partial charge in [-0.1, -0.05) is 12.8 Å². The lowest BCUT2D eigenvalue weighted by Gasteiger charge is -2.38. The number of nitrogens with zero attached hydrogens (tertiary/aromatic N) is 5. The standard InChI is InChI=1S/C15H25N5/c1-18(2)14-7-8-16-15(17-14)20-11-9-19(10-12-20)13-5-3-4-6-13/h7-8,13H,3-6,9-12H2,1-2H3. The summed E-state index contributed by atoms with van der Waals surface area (Å²) in [6.45, 7) is 4.40. The summed E-state index contributed by atoms with van der Waals surface area (Å²) in [5.41, 5.74) is 0. The molecule has 20 heavy (non-hydrogen) atoms. The smallest absolute Gasteiger partial charge is 0.227 e. The third-order valence-corrected chi connectivity index (χ3v) is 4.52. The molecule has 0 atom stereocenters. The Labute approximate surface area is 121 Å². The Bertz CT molecular complexity index is 434. The number of rotatable bonds is 3. The number of hydrogen-bond acceptors (Lipinski definition) is 5. The van der Waals surface area contributed by atoms with E-state index in [0.717, 1.165) is 44.0 Å². The lowest BCUT2D eigenvalue weighted by molar-refractivity contribution is 0.187. The Morgan fingerprint density at radius 2 is 1.80 bits per heavy atom. The molecule has 0 unspecified atom stereocenters. The molecule has 0 N–H and O–H groups in total. The zero-order valence-electron chi connectivity index (χ0n) is 12.6. The molecular weight excluding hydrogens is 250 g/mol. The Hall–Kier alpha value is -1.36. The molecule has 110 valence electrons. The van der Waals surface area contributed by atoms with Gasteiger partial charge in [0, 0.05) is 52.5 Å². The highest BCUT2D eigenvalue weighted by Crippen LogP contribution is 2.25. The Morgan fingerprint density at radius 3 is 2.45 bits per heavy atom. The van der Waals surface area contributed by atoms with Crippen LogP contribution in [-0.4, -0.2) is 61.2 Å². The van der Waals surface area contributed by atoms with Crippen LogP contribution in [0.4, 0.5) is 11.8 Å². The van der Waals surface area contributed by atoms with Crippen LogP contribution in [-0.2, 0) is 0 Å². The zero-order chi connectivity index (χ0) is 13.9. The second kappa shape index (κ2) is 5.95. The van der Waals surface area contributed by atoms with E-state index in [9.17, 15) is 0 Å². The first-order valence-electron chi connectivity index (χ1n) is 7.73. The summed E-state index contributed by atoms with van der Waals surface area (Å²) in [7, 11) is 4.04. The van der Waals surface area contributed by atoms with Crippen LogP contribution in [0.3, 0.4) is 0 Å². The quantitative estimate of drug-likeness (QED) is 0.837. The van der Waals surface area contributed by atoms with Gasteiger partial charge >= 0.3 is 0 Å². The van der Waals surface area contributed by atoms with Gasteiger partial charge in [0.1, 0.15) is 5.82 Å². The highest BCUT2D eigenvalue weighted by molar-refractivity contribution is 5.42. The minimum Gasteiger partial charge on any atom is -0.363 e. The maximum absolute atomic E-state index is 4.64. The largest absolute Gasteiger partial charge is 0.363 e. The van der Waals surface area contributed by atoms with Crippen molar-refractivity contribution in [3.05, 3.63) is 12.3 Å². The van der Waals surface area contributed by atoms with Crippen LogP contribution in [0, 0.1) is 0 Å². The van der Waals surface area contributed by atoms with Crippen molar-refractivity contribution in [2.45, 2.75) is 31.7 Å². The van der Waals surface area contributed by atoms with E-state index >= 15 is 0 Å². The average molecular weight is 275 g/mol. The Kier molecular flexibility index (Phi) is 4.05. The topological polar surface area (TPSA) is 35.5 Å². The van der Waals surface area contributed by atoms with E-state index < -0.39 is 0 Å². The fraction of sp³-hybridized carbons (Fsp3) is 0.733. The Balaban J connectivity index is 1.61. The minimum atomic E-state index is 0.839. The summed E-state index contributed by atoms with van der Waals surface area (Å²) in [4.78, 5) is 16.1. The fourth-order valence-corrected chi connectivity index (χ4v) is 3.30. The van der Waals surface area contributed by atoms with Gasteiger partial charge in [-0.15, -0.1) is 0 Å². The molecule has 1 aliphatic heterocycles. The molecule has 1 aromatic heterocycles. The van der Waals surface area contributed by atoms with Gasteiger partial charge in [0.2, 0.25) is 5.95 Å². The third-order valence-electron chi connectivity index (χ3n) is 4.52. The van der Waals surface area contributed by atoms with Gasteiger partial charge in [-0.2, -0.15) is 4.98 Å². The molecule has 5 heteroatoms. The molecule has 1 saturated carbocycles. The molecular formula is C15H25N5. The average Bonchev–Trinajstić information content (AvgIpc) is 3.02. The third kappa shape index (κ3) is 2.87. The molecule has 0 bridgehead atoms. The molecule has 1 aliphatic carbocycles. The van der Waals surface area contributed by atoms with Crippen LogP contribution in [0.1, 0.15) is 25.7 Å². The Morgan fingerprint density at radius 1 is 1.10 bits per heavy atom. The molecule has 0 spiro atoms. The van der Waals surface area contributed by atoms with E-state index in [1.165, 1.54) is 25.7 Å². The van der Waals surface area contributed by atoms with Crippen molar-refractivity contribution in [2.75, 3.05) is 50.1 Å². The minimum absolute atomic E-state index is 0.839. The molecule has 1 saturated heterocycles. The molecule has 2 fully saturated rings. The second-order valence-corrected chi connectivity index (χ2v) is 6.07. The number of anilines is 2. The molecule has 1 aromatic rings. The summed E-state index contributed by atoms with van der Waals surface area (Å²) in [6.07, 6.45) is 7.48. The van der Waals surface area contributed by atoms with Crippen molar-refractivity contribution >= 4 is 11.8 Å². The van der Waals surface area contributed by atoms with Gasteiger partial charge in [0.05, 0.1) is 0 Å². The summed E-state index contributed by atoms with van der Waals surface area (Å²) < 4.78 is 0. The van der Waals surface area contributed by atoms with Crippen LogP contribution in [0.15, 0.2) is 12.3 Å². The summed E-state index contributed by atoms with van der Waals surface area (Å²) in [5.74, 6) is 1.86. The van der Waals surface area contributed by atoms with E-state index in [2.05, 4.69) is 19.8 Å². The normalized spacial score (nSPS) is 21.4. The van der Waals surface area contributed by atoms with Gasteiger partial charge in [0.15, 0.2) is 0 Å². The first kappa shape index (κ1) is 13.6. The zero-order valence-corrected chi connectivity index (χ0v) is 12.6. The highest BCUT2D eigenvalue weighted by Gasteiger charge is 2.26. The molecule has 3 rings (SSSR count). The lowest BCUT2D eigenvalue weighted by atomic mass is 10.2. The molecule has 0 amide bonds. The van der Waals surface area contributed by atoms with Crippen LogP contribution in [0.25, 0.3) is 0 Å². The summed E-state index contributed by atoms with van der Waals surface area (Å²) in [6, 6.07) is 2.80. The van der Waals surface area contributed by atoms with Gasteiger partial charge in [-0.05, 0) is 18.9 Å². The molecule has 0 radical (unpaired) electrons. The highest BCUT2D eigenvalue weighted by atomic mass is 15.3. The van der Waals surface area contributed by atoms with Gasteiger partial charge in [-0.25, -0.2) is 4.98 Å². The molecule has 0 aromatic carbocycles. The SMILES string of the molecule is CN(C)c1ccnc(N2CCN(C3CCCC3)CC2)n1. The van der Waals surface area contributed by atoms with E-state index in [4.69, 9.17) is 0 Å². The van der Waals surface area contributed by atoms with Crippen molar-refractivity contribution in [2.24, 2.45) is 0 Å². The predicted octanol–water partition coefficient (Wildman–Crippen LogP) is 1.61. The van der Waals surface area contributed by atoms with E-state index in [-0.39, 0.29) is 0 Å². The maximum Gasteiger partial charge on any atom is 0.227 e. The van der Waals surface area contributed by atoms with Crippen LogP contribution in [0.5, 0.6) is 0 Å². The second-order valence-electron chi connectivity index (χ2n) is 6.07. The molecule has 5 nitrogen and oxygen atoms in total. The molecule has 2 aliphatic rings. The number of hydrogen-bond donors (Lipinski definition) is 0. The van der Waals surface area contributed by atoms with Crippen LogP contribution < -0.4 is 9.80 Å². The van der Waals surface area contributed by atoms with Gasteiger partial charge in [0.25, 0.3) is 0 Å². The van der Waals surface area contributed by atoms with Crippen LogP contribution >= 0.6 is 0 Å². The summed E-state index contributed by atoms with van der Waals surface area (Å²) in [5, 5.41) is 0. The van der Waals surface area contributed by atoms with Gasteiger partial charge < -0.3 is 9.80 Å². The number of piperazine rings is 1. The van der Waals surface area contributed by atoms with Crippen molar-refractivity contribution in [3.8, 4) is 0 Å². The van der Waals surface area contributed by atoms with E-state index in [0.29, 0.717) is 0 Å². The van der Waals surface area contributed by atoms with Crippen molar-refractivity contribution in [1.29, 1.82) is 0 Å². The molecule has 2 heterocycles. The predicted molar refractivity (Wildman–Crippen MR) is 82.4 cm³/mol. The van der Waals surface area contributed by atoms with Crippen molar-refractivity contribution in [3.63, 3.8) is 0 Å². The van der Waals surface area contributed by atoms with Crippen molar-refractivity contribution in [1.82, 2.24) is 14.9 Å². The van der Waals surface area contributed by atoms with Crippen LogP contribution in [0.2, 0.25) is 0 Å².